The van der Waals surface area contributed by atoms with Crippen molar-refractivity contribution in [3.63, 3.8) is 0 Å². The van der Waals surface area contributed by atoms with E-state index in [2.05, 4.69) is 5.10 Å². The van der Waals surface area contributed by atoms with E-state index >= 15 is 0 Å². The minimum absolute atomic E-state index is 0.313. The molecule has 0 atom stereocenters. The summed E-state index contributed by atoms with van der Waals surface area (Å²) in [6, 6.07) is 9.21. The van der Waals surface area contributed by atoms with Crippen molar-refractivity contribution in [3.8, 4) is 17.5 Å². The Kier molecular flexibility index (Phi) is 2.80. The monoisotopic (exact) mass is 233 g/mol. The van der Waals surface area contributed by atoms with Gasteiger partial charge in [0.15, 0.2) is 5.15 Å². The Morgan fingerprint density at radius 2 is 2.06 bits per heavy atom. The molecule has 1 heterocycles. The molecule has 0 spiro atoms. The number of hydrogen-bond donors (Lipinski definition) is 0. The summed E-state index contributed by atoms with van der Waals surface area (Å²) in [6.07, 6.45) is 1.44. The molecule has 80 valence electrons. The van der Waals surface area contributed by atoms with Crippen molar-refractivity contribution in [1.29, 1.82) is 5.26 Å². The lowest BCUT2D eigenvalue weighted by Crippen LogP contribution is -1.96. The van der Waals surface area contributed by atoms with E-state index in [4.69, 9.17) is 21.6 Å². The summed E-state index contributed by atoms with van der Waals surface area (Å²) in [5, 5.41) is 13.1. The van der Waals surface area contributed by atoms with E-state index in [-0.39, 0.29) is 0 Å². The molecule has 0 amide bonds. The van der Waals surface area contributed by atoms with Gasteiger partial charge >= 0.3 is 0 Å². The van der Waals surface area contributed by atoms with E-state index < -0.39 is 0 Å². The normalized spacial score (nSPS) is 9.81. The van der Waals surface area contributed by atoms with Crippen LogP contribution in [0.15, 0.2) is 30.5 Å². The highest BCUT2D eigenvalue weighted by molar-refractivity contribution is 6.30. The molecule has 5 heteroatoms. The van der Waals surface area contributed by atoms with Gasteiger partial charge in [-0.1, -0.05) is 11.6 Å². The molecule has 0 aliphatic rings. The molecule has 4 nitrogen and oxygen atoms in total. The minimum Gasteiger partial charge on any atom is -0.497 e. The van der Waals surface area contributed by atoms with Crippen LogP contribution < -0.4 is 4.74 Å². The maximum Gasteiger partial charge on any atom is 0.150 e. The first kappa shape index (κ1) is 10.5. The van der Waals surface area contributed by atoms with Crippen molar-refractivity contribution in [1.82, 2.24) is 9.78 Å². The molecular weight excluding hydrogens is 226 g/mol. The van der Waals surface area contributed by atoms with Crippen LogP contribution in [0.4, 0.5) is 0 Å². The van der Waals surface area contributed by atoms with E-state index in [0.29, 0.717) is 10.7 Å². The lowest BCUT2D eigenvalue weighted by Gasteiger charge is -2.04. The number of aromatic nitrogens is 2. The first-order chi connectivity index (χ1) is 7.76. The van der Waals surface area contributed by atoms with Crippen molar-refractivity contribution < 1.29 is 4.74 Å². The molecule has 1 aromatic heterocycles. The molecule has 0 aliphatic carbocycles. The molecular formula is C11H8ClN3O. The van der Waals surface area contributed by atoms with Gasteiger partial charge in [0.05, 0.1) is 19.0 Å². The predicted octanol–water partition coefficient (Wildman–Crippen LogP) is 2.41. The Balaban J connectivity index is 2.43. The van der Waals surface area contributed by atoms with Gasteiger partial charge in [-0.15, -0.1) is 0 Å². The molecule has 0 N–H and O–H groups in total. The first-order valence-electron chi connectivity index (χ1n) is 4.54. The number of nitriles is 1. The highest BCUT2D eigenvalue weighted by Crippen LogP contribution is 2.21. The van der Waals surface area contributed by atoms with Crippen LogP contribution in [0.1, 0.15) is 5.56 Å². The smallest absolute Gasteiger partial charge is 0.150 e. The zero-order chi connectivity index (χ0) is 11.5. The minimum atomic E-state index is 0.313. The number of hydrogen-bond acceptors (Lipinski definition) is 3. The summed E-state index contributed by atoms with van der Waals surface area (Å²) in [6.45, 7) is 0. The van der Waals surface area contributed by atoms with Crippen molar-refractivity contribution in [3.05, 3.63) is 41.2 Å². The third kappa shape index (κ3) is 1.73. The van der Waals surface area contributed by atoms with E-state index in [9.17, 15) is 0 Å². The second kappa shape index (κ2) is 4.25. The van der Waals surface area contributed by atoms with Gasteiger partial charge in [0.1, 0.15) is 17.4 Å². The summed E-state index contributed by atoms with van der Waals surface area (Å²) in [5.41, 5.74) is 1.14. The fraction of sp³-hybridized carbons (Fsp3) is 0.0909. The largest absolute Gasteiger partial charge is 0.497 e. The van der Waals surface area contributed by atoms with Gasteiger partial charge in [0, 0.05) is 0 Å². The molecule has 2 rings (SSSR count). The van der Waals surface area contributed by atoms with E-state index in [1.165, 1.54) is 10.9 Å². The molecule has 0 bridgehead atoms. The van der Waals surface area contributed by atoms with Gasteiger partial charge in [-0.2, -0.15) is 10.4 Å². The third-order valence-corrected chi connectivity index (χ3v) is 2.51. The first-order valence-corrected chi connectivity index (χ1v) is 4.92. The quantitative estimate of drug-likeness (QED) is 0.800. The van der Waals surface area contributed by atoms with Crippen LogP contribution in [-0.4, -0.2) is 16.9 Å². The predicted molar refractivity (Wildman–Crippen MR) is 59.8 cm³/mol. The highest BCUT2D eigenvalue weighted by Gasteiger charge is 2.09. The van der Waals surface area contributed by atoms with Gasteiger partial charge < -0.3 is 4.74 Å². The zero-order valence-corrected chi connectivity index (χ0v) is 9.27. The average Bonchev–Trinajstić information content (AvgIpc) is 2.70. The van der Waals surface area contributed by atoms with Crippen LogP contribution in [0.5, 0.6) is 5.75 Å². The summed E-state index contributed by atoms with van der Waals surface area (Å²) in [4.78, 5) is 0. The maximum absolute atomic E-state index is 8.75. The molecule has 0 unspecified atom stereocenters. The summed E-state index contributed by atoms with van der Waals surface area (Å²) in [5.74, 6) is 0.757. The molecule has 2 aromatic rings. The van der Waals surface area contributed by atoms with Crippen LogP contribution in [-0.2, 0) is 0 Å². The van der Waals surface area contributed by atoms with Crippen molar-refractivity contribution in [2.75, 3.05) is 7.11 Å². The molecule has 1 aromatic carbocycles. The highest BCUT2D eigenvalue weighted by atomic mass is 35.5. The topological polar surface area (TPSA) is 50.8 Å². The Labute approximate surface area is 97.6 Å². The fourth-order valence-electron chi connectivity index (χ4n) is 1.31. The third-order valence-electron chi connectivity index (χ3n) is 2.15. The Hall–Kier alpha value is -1.99. The van der Waals surface area contributed by atoms with Crippen molar-refractivity contribution in [2.24, 2.45) is 0 Å². The Bertz CT molecular complexity index is 539. The molecule has 0 aliphatic heterocycles. The van der Waals surface area contributed by atoms with E-state index in [1.807, 2.05) is 18.2 Å². The van der Waals surface area contributed by atoms with Gasteiger partial charge in [-0.25, -0.2) is 4.68 Å². The number of ether oxygens (including phenoxy) is 1. The maximum atomic E-state index is 8.75. The summed E-state index contributed by atoms with van der Waals surface area (Å²) >= 11 is 5.98. The molecule has 0 fully saturated rings. The van der Waals surface area contributed by atoms with E-state index in [0.717, 1.165) is 11.4 Å². The second-order valence-corrected chi connectivity index (χ2v) is 3.43. The van der Waals surface area contributed by atoms with Gasteiger partial charge in [0.25, 0.3) is 0 Å². The number of methoxy groups -OCH3 is 1. The van der Waals surface area contributed by atoms with E-state index in [1.54, 1.807) is 19.2 Å². The molecule has 16 heavy (non-hydrogen) atoms. The lowest BCUT2D eigenvalue weighted by atomic mass is 10.3. The fourth-order valence-corrected chi connectivity index (χ4v) is 1.54. The van der Waals surface area contributed by atoms with Crippen molar-refractivity contribution >= 4 is 11.6 Å². The Morgan fingerprint density at radius 1 is 1.38 bits per heavy atom. The Morgan fingerprint density at radius 3 is 2.56 bits per heavy atom. The number of halogens is 1. The number of benzene rings is 1. The molecule has 0 radical (unpaired) electrons. The van der Waals surface area contributed by atoms with Crippen LogP contribution in [0.2, 0.25) is 5.15 Å². The van der Waals surface area contributed by atoms with Crippen LogP contribution in [0.3, 0.4) is 0 Å². The second-order valence-electron chi connectivity index (χ2n) is 3.07. The standard InChI is InChI=1S/C11H8ClN3O/c1-16-10-4-2-9(3-5-10)15-11(12)8(6-13)7-14-15/h2-5,7H,1H3. The SMILES string of the molecule is COc1ccc(-n2ncc(C#N)c2Cl)cc1. The van der Waals surface area contributed by atoms with Gasteiger partial charge in [-0.05, 0) is 24.3 Å². The van der Waals surface area contributed by atoms with Crippen molar-refractivity contribution in [2.45, 2.75) is 0 Å². The van der Waals surface area contributed by atoms with Crippen LogP contribution in [0.25, 0.3) is 5.69 Å². The lowest BCUT2D eigenvalue weighted by molar-refractivity contribution is 0.414. The number of nitrogens with zero attached hydrogens (tertiary/aromatic N) is 3. The summed E-state index contributed by atoms with van der Waals surface area (Å²) in [7, 11) is 1.60. The zero-order valence-electron chi connectivity index (χ0n) is 8.51. The summed E-state index contributed by atoms with van der Waals surface area (Å²) < 4.78 is 6.55. The number of rotatable bonds is 2. The van der Waals surface area contributed by atoms with Gasteiger partial charge in [0.2, 0.25) is 0 Å². The molecule has 0 saturated heterocycles. The average molecular weight is 234 g/mol. The van der Waals surface area contributed by atoms with Gasteiger partial charge in [-0.3, -0.25) is 0 Å². The van der Waals surface area contributed by atoms with Crippen LogP contribution in [0, 0.1) is 11.3 Å². The molecule has 0 saturated carbocycles. The van der Waals surface area contributed by atoms with Crippen LogP contribution >= 0.6 is 11.6 Å².